The molecule has 1 saturated carbocycles. The molecular formula is C9H13NOS. The molecule has 0 saturated heterocycles. The Morgan fingerprint density at radius 3 is 2.92 bits per heavy atom. The predicted octanol–water partition coefficient (Wildman–Crippen LogP) is 2.16. The van der Waals surface area contributed by atoms with Gasteiger partial charge in [0.05, 0.1) is 6.10 Å². The van der Waals surface area contributed by atoms with Crippen molar-refractivity contribution in [1.29, 1.82) is 0 Å². The molecule has 1 aliphatic carbocycles. The highest BCUT2D eigenvalue weighted by molar-refractivity contribution is 7.05. The first-order valence-corrected chi connectivity index (χ1v) is 5.24. The third-order valence-electron chi connectivity index (χ3n) is 2.55. The van der Waals surface area contributed by atoms with E-state index in [1.807, 2.05) is 12.3 Å². The summed E-state index contributed by atoms with van der Waals surface area (Å²) in [6.07, 6.45) is 6.21. The second-order valence-corrected chi connectivity index (χ2v) is 4.24. The second kappa shape index (κ2) is 3.54. The molecular weight excluding hydrogens is 170 g/mol. The molecule has 2 atom stereocenters. The number of rotatable bonds is 1. The van der Waals surface area contributed by atoms with Gasteiger partial charge in [-0.15, -0.1) is 0 Å². The average molecular weight is 183 g/mol. The SMILES string of the molecule is O[C@@H]1CCCC[C@H]1c1ccns1. The van der Waals surface area contributed by atoms with Crippen LogP contribution in [0.1, 0.15) is 36.5 Å². The van der Waals surface area contributed by atoms with E-state index in [9.17, 15) is 5.11 Å². The van der Waals surface area contributed by atoms with E-state index in [0.717, 1.165) is 12.8 Å². The van der Waals surface area contributed by atoms with Crippen molar-refractivity contribution < 1.29 is 5.11 Å². The summed E-state index contributed by atoms with van der Waals surface area (Å²) in [5, 5.41) is 9.72. The van der Waals surface area contributed by atoms with Crippen LogP contribution in [0.15, 0.2) is 12.3 Å². The first-order valence-electron chi connectivity index (χ1n) is 4.46. The summed E-state index contributed by atoms with van der Waals surface area (Å²) < 4.78 is 4.06. The standard InChI is InChI=1S/C9H13NOS/c11-8-4-2-1-3-7(8)9-5-6-10-12-9/h5-8,11H,1-4H2/t7-,8-/m1/s1. The molecule has 12 heavy (non-hydrogen) atoms. The minimum atomic E-state index is -0.126. The summed E-state index contributed by atoms with van der Waals surface area (Å²) in [5.74, 6) is 0.367. The van der Waals surface area contributed by atoms with Crippen LogP contribution in [-0.2, 0) is 0 Å². The molecule has 0 aromatic carbocycles. The molecule has 1 fully saturated rings. The first kappa shape index (κ1) is 8.20. The van der Waals surface area contributed by atoms with Crippen LogP contribution in [0.5, 0.6) is 0 Å². The van der Waals surface area contributed by atoms with Gasteiger partial charge in [0.25, 0.3) is 0 Å². The fraction of sp³-hybridized carbons (Fsp3) is 0.667. The number of aliphatic hydroxyl groups is 1. The Hall–Kier alpha value is -0.410. The maximum absolute atomic E-state index is 9.72. The van der Waals surface area contributed by atoms with Crippen LogP contribution in [0.25, 0.3) is 0 Å². The quantitative estimate of drug-likeness (QED) is 0.723. The Morgan fingerprint density at radius 2 is 2.25 bits per heavy atom. The van der Waals surface area contributed by atoms with Gasteiger partial charge in [-0.05, 0) is 30.4 Å². The lowest BCUT2D eigenvalue weighted by molar-refractivity contribution is 0.107. The van der Waals surface area contributed by atoms with Crippen molar-refractivity contribution in [2.24, 2.45) is 0 Å². The number of hydrogen-bond acceptors (Lipinski definition) is 3. The third kappa shape index (κ3) is 1.52. The van der Waals surface area contributed by atoms with Crippen molar-refractivity contribution >= 4 is 11.5 Å². The number of aromatic nitrogens is 1. The van der Waals surface area contributed by atoms with Gasteiger partial charge < -0.3 is 5.11 Å². The molecule has 2 nitrogen and oxygen atoms in total. The van der Waals surface area contributed by atoms with Gasteiger partial charge >= 0.3 is 0 Å². The summed E-state index contributed by atoms with van der Waals surface area (Å²) in [6, 6.07) is 2.03. The molecule has 0 aliphatic heterocycles. The zero-order valence-corrected chi connectivity index (χ0v) is 7.76. The third-order valence-corrected chi connectivity index (χ3v) is 3.43. The van der Waals surface area contributed by atoms with Gasteiger partial charge in [0, 0.05) is 17.0 Å². The van der Waals surface area contributed by atoms with Gasteiger partial charge in [-0.2, -0.15) is 0 Å². The van der Waals surface area contributed by atoms with E-state index in [1.165, 1.54) is 29.3 Å². The Morgan fingerprint density at radius 1 is 1.42 bits per heavy atom. The monoisotopic (exact) mass is 183 g/mol. The van der Waals surface area contributed by atoms with Crippen LogP contribution in [0.4, 0.5) is 0 Å². The minimum absolute atomic E-state index is 0.126. The molecule has 1 aromatic rings. The molecule has 1 aliphatic rings. The van der Waals surface area contributed by atoms with Gasteiger partial charge in [-0.1, -0.05) is 12.8 Å². The van der Waals surface area contributed by atoms with Crippen LogP contribution in [0.3, 0.4) is 0 Å². The highest BCUT2D eigenvalue weighted by atomic mass is 32.1. The maximum Gasteiger partial charge on any atom is 0.0617 e. The summed E-state index contributed by atoms with van der Waals surface area (Å²) in [4.78, 5) is 1.25. The highest BCUT2D eigenvalue weighted by Gasteiger charge is 2.25. The van der Waals surface area contributed by atoms with Gasteiger partial charge in [-0.3, -0.25) is 0 Å². The average Bonchev–Trinajstić information content (AvgIpc) is 2.57. The van der Waals surface area contributed by atoms with E-state index in [2.05, 4.69) is 4.37 Å². The maximum atomic E-state index is 9.72. The lowest BCUT2D eigenvalue weighted by atomic mass is 9.86. The molecule has 1 N–H and O–H groups in total. The summed E-state index contributed by atoms with van der Waals surface area (Å²) >= 11 is 1.52. The number of aliphatic hydroxyl groups excluding tert-OH is 1. The van der Waals surface area contributed by atoms with Gasteiger partial charge in [0.1, 0.15) is 0 Å². The molecule has 0 unspecified atom stereocenters. The largest absolute Gasteiger partial charge is 0.392 e. The van der Waals surface area contributed by atoms with Gasteiger partial charge in [-0.25, -0.2) is 4.37 Å². The van der Waals surface area contributed by atoms with E-state index in [4.69, 9.17) is 0 Å². The normalized spacial score (nSPS) is 30.4. The number of nitrogens with zero attached hydrogens (tertiary/aromatic N) is 1. The molecule has 66 valence electrons. The molecule has 0 bridgehead atoms. The van der Waals surface area contributed by atoms with E-state index >= 15 is 0 Å². The van der Waals surface area contributed by atoms with E-state index in [1.54, 1.807) is 0 Å². The lowest BCUT2D eigenvalue weighted by Gasteiger charge is -2.25. The Bertz CT molecular complexity index is 235. The van der Waals surface area contributed by atoms with Crippen LogP contribution in [0, 0.1) is 0 Å². The first-order chi connectivity index (χ1) is 5.88. The van der Waals surface area contributed by atoms with Crippen molar-refractivity contribution in [3.63, 3.8) is 0 Å². The van der Waals surface area contributed by atoms with Crippen LogP contribution in [0.2, 0.25) is 0 Å². The van der Waals surface area contributed by atoms with Crippen molar-refractivity contribution in [1.82, 2.24) is 4.37 Å². The lowest BCUT2D eigenvalue weighted by Crippen LogP contribution is -2.21. The van der Waals surface area contributed by atoms with E-state index in [0.29, 0.717) is 5.92 Å². The fourth-order valence-corrected chi connectivity index (χ4v) is 2.64. The molecule has 0 radical (unpaired) electrons. The van der Waals surface area contributed by atoms with Gasteiger partial charge in [0.2, 0.25) is 0 Å². The molecule has 2 rings (SSSR count). The minimum Gasteiger partial charge on any atom is -0.392 e. The van der Waals surface area contributed by atoms with E-state index in [-0.39, 0.29) is 6.10 Å². The van der Waals surface area contributed by atoms with Crippen molar-refractivity contribution in [3.05, 3.63) is 17.1 Å². The van der Waals surface area contributed by atoms with Crippen LogP contribution in [-0.4, -0.2) is 15.6 Å². The summed E-state index contributed by atoms with van der Waals surface area (Å²) in [7, 11) is 0. The molecule has 0 amide bonds. The van der Waals surface area contributed by atoms with E-state index < -0.39 is 0 Å². The van der Waals surface area contributed by atoms with Crippen LogP contribution >= 0.6 is 11.5 Å². The Balaban J connectivity index is 2.11. The predicted molar refractivity (Wildman–Crippen MR) is 49.3 cm³/mol. The molecule has 1 heterocycles. The van der Waals surface area contributed by atoms with Crippen molar-refractivity contribution in [2.75, 3.05) is 0 Å². The second-order valence-electron chi connectivity index (χ2n) is 3.37. The summed E-state index contributed by atoms with van der Waals surface area (Å²) in [5.41, 5.74) is 0. The topological polar surface area (TPSA) is 33.1 Å². The number of hydrogen-bond donors (Lipinski definition) is 1. The van der Waals surface area contributed by atoms with Crippen molar-refractivity contribution in [2.45, 2.75) is 37.7 Å². The zero-order chi connectivity index (χ0) is 8.39. The van der Waals surface area contributed by atoms with Gasteiger partial charge in [0.15, 0.2) is 0 Å². The smallest absolute Gasteiger partial charge is 0.0617 e. The molecule has 0 spiro atoms. The zero-order valence-electron chi connectivity index (χ0n) is 6.94. The summed E-state index contributed by atoms with van der Waals surface area (Å²) in [6.45, 7) is 0. The Labute approximate surface area is 76.4 Å². The molecule has 3 heteroatoms. The fourth-order valence-electron chi connectivity index (χ4n) is 1.86. The van der Waals surface area contributed by atoms with Crippen molar-refractivity contribution in [3.8, 4) is 0 Å². The Kier molecular flexibility index (Phi) is 2.42. The molecule has 1 aromatic heterocycles. The highest BCUT2D eigenvalue weighted by Crippen LogP contribution is 2.34. The van der Waals surface area contributed by atoms with Crippen LogP contribution < -0.4 is 0 Å².